The average molecular weight is 408 g/mol. The Hall–Kier alpha value is -1.24. The molecule has 0 saturated heterocycles. The Balaban J connectivity index is 0.000000134. The molecular formula is C22H24SiZr. The van der Waals surface area contributed by atoms with Gasteiger partial charge in [0.1, 0.15) is 0 Å². The monoisotopic (exact) mass is 406 g/mol. The predicted molar refractivity (Wildman–Crippen MR) is 106 cm³/mol. The Morgan fingerprint density at radius 3 is 1.46 bits per heavy atom. The van der Waals surface area contributed by atoms with E-state index in [9.17, 15) is 0 Å². The molecule has 2 heteroatoms. The molecule has 0 aliphatic heterocycles. The third-order valence-corrected chi connectivity index (χ3v) is 9.95. The van der Waals surface area contributed by atoms with Crippen molar-refractivity contribution in [3.63, 3.8) is 0 Å². The van der Waals surface area contributed by atoms with Gasteiger partial charge in [-0.05, 0) is 0 Å². The normalized spacial score (nSPS) is 10.1. The number of benzene rings is 2. The standard InChI is InChI=1S/2C9H7.C4H10Si.Zr/c2*1-2-5-9-7-3-6-8(9)4-1;1-4(2)5-3;/h2*1-7H;4H,1-3H3;/q2*-1;;+2. The summed E-state index contributed by atoms with van der Waals surface area (Å²) in [6.07, 6.45) is 0. The molecule has 0 heterocycles. The second-order valence-electron chi connectivity index (χ2n) is 6.15. The molecule has 0 aromatic heterocycles. The van der Waals surface area contributed by atoms with Gasteiger partial charge < -0.3 is 0 Å². The Morgan fingerprint density at radius 2 is 1.12 bits per heavy atom. The van der Waals surface area contributed by atoms with E-state index in [-0.39, 0.29) is 5.43 Å². The molecule has 0 spiro atoms. The number of fused-ring (bicyclic) bond motifs is 2. The van der Waals surface area contributed by atoms with Crippen molar-refractivity contribution in [1.29, 1.82) is 0 Å². The van der Waals surface area contributed by atoms with Crippen molar-refractivity contribution in [2.75, 3.05) is 0 Å². The fourth-order valence-electron chi connectivity index (χ4n) is 2.14. The molecule has 0 nitrogen and oxygen atoms in total. The Labute approximate surface area is 160 Å². The zero-order chi connectivity index (χ0) is 17.4. The third kappa shape index (κ3) is 6.00. The van der Waals surface area contributed by atoms with Gasteiger partial charge in [0.05, 0.1) is 0 Å². The van der Waals surface area contributed by atoms with Crippen LogP contribution in [-0.2, 0) is 23.3 Å². The van der Waals surface area contributed by atoms with Gasteiger partial charge in [-0.3, -0.25) is 0 Å². The molecule has 0 N–H and O–H groups in total. The summed E-state index contributed by atoms with van der Waals surface area (Å²) in [6, 6.07) is 29.3. The zero-order valence-corrected chi connectivity index (χ0v) is 18.1. The molecule has 120 valence electrons. The summed E-state index contributed by atoms with van der Waals surface area (Å²) in [5.41, 5.74) is 1.13. The average Bonchev–Trinajstić information content (AvgIpc) is 3.24. The second kappa shape index (κ2) is 9.91. The van der Waals surface area contributed by atoms with Crippen molar-refractivity contribution in [2.45, 2.75) is 25.9 Å². The quantitative estimate of drug-likeness (QED) is 0.244. The summed E-state index contributed by atoms with van der Waals surface area (Å²) in [5, 5.41) is 5.32. The van der Waals surface area contributed by atoms with Crippen LogP contribution in [0.1, 0.15) is 13.8 Å². The van der Waals surface area contributed by atoms with Crippen LogP contribution in [0.4, 0.5) is 0 Å². The topological polar surface area (TPSA) is 0 Å². The SMILES string of the molecule is CC(C)[Si](C)=[Zr+2].c1ccc2[cH-]ccc2c1.c1ccc2[cH-]ccc2c1. The first-order valence-electron chi connectivity index (χ1n) is 8.34. The molecule has 0 bridgehead atoms. The fraction of sp³-hybridized carbons (Fsp3) is 0.182. The van der Waals surface area contributed by atoms with Crippen LogP contribution >= 0.6 is 0 Å². The molecule has 0 saturated carbocycles. The van der Waals surface area contributed by atoms with Crippen LogP contribution in [0.5, 0.6) is 0 Å². The van der Waals surface area contributed by atoms with Crippen LogP contribution in [-0.4, -0.2) is 5.43 Å². The molecule has 24 heavy (non-hydrogen) atoms. The molecule has 0 amide bonds. The minimum atomic E-state index is 0.138. The van der Waals surface area contributed by atoms with Gasteiger partial charge in [-0.2, -0.15) is 35.0 Å². The van der Waals surface area contributed by atoms with E-state index in [2.05, 4.69) is 105 Å². The van der Waals surface area contributed by atoms with Gasteiger partial charge >= 0.3 is 54.7 Å². The minimum Gasteiger partial charge on any atom is -0.168 e. The first-order valence-corrected chi connectivity index (χ1v) is 14.1. The van der Waals surface area contributed by atoms with Gasteiger partial charge in [0, 0.05) is 0 Å². The molecule has 0 radical (unpaired) electrons. The van der Waals surface area contributed by atoms with Crippen LogP contribution in [0.3, 0.4) is 0 Å². The summed E-state index contributed by atoms with van der Waals surface area (Å²) in [4.78, 5) is 0. The molecule has 0 aliphatic carbocycles. The van der Waals surface area contributed by atoms with Gasteiger partial charge in [-0.25, -0.2) is 0 Å². The van der Waals surface area contributed by atoms with Crippen molar-refractivity contribution >= 4 is 27.0 Å². The Morgan fingerprint density at radius 1 is 0.750 bits per heavy atom. The van der Waals surface area contributed by atoms with E-state index in [1.807, 2.05) is 0 Å². The largest absolute Gasteiger partial charge is 0.168 e. The molecule has 4 aromatic carbocycles. The molecule has 0 unspecified atom stereocenters. The summed E-state index contributed by atoms with van der Waals surface area (Å²) in [6.45, 7) is 7.00. The van der Waals surface area contributed by atoms with Crippen molar-refractivity contribution in [3.05, 3.63) is 84.9 Å². The van der Waals surface area contributed by atoms with Crippen LogP contribution in [0, 0.1) is 0 Å². The molecule has 0 fully saturated rings. The van der Waals surface area contributed by atoms with Crippen LogP contribution in [0.25, 0.3) is 21.5 Å². The van der Waals surface area contributed by atoms with Crippen molar-refractivity contribution in [3.8, 4) is 0 Å². The summed E-state index contributed by atoms with van der Waals surface area (Å²) in [7, 11) is 0. The fourth-order valence-corrected chi connectivity index (χ4v) is 2.14. The smallest absolute Gasteiger partial charge is 0.0809 e. The van der Waals surface area contributed by atoms with E-state index < -0.39 is 0 Å². The van der Waals surface area contributed by atoms with Crippen molar-refractivity contribution < 1.29 is 23.3 Å². The van der Waals surface area contributed by atoms with Crippen molar-refractivity contribution in [2.24, 2.45) is 0 Å². The molecule has 0 aliphatic rings. The van der Waals surface area contributed by atoms with Gasteiger partial charge in [0.15, 0.2) is 0 Å². The van der Waals surface area contributed by atoms with E-state index in [0.29, 0.717) is 0 Å². The first-order chi connectivity index (χ1) is 11.6. The summed E-state index contributed by atoms with van der Waals surface area (Å²) in [5.74, 6) is 0. The zero-order valence-electron chi connectivity index (χ0n) is 14.7. The number of rotatable bonds is 1. The van der Waals surface area contributed by atoms with Crippen LogP contribution in [0.15, 0.2) is 84.9 Å². The molecule has 4 aromatic rings. The first kappa shape index (κ1) is 19.1. The summed E-state index contributed by atoms with van der Waals surface area (Å²) < 4.78 is 0. The molecular weight excluding hydrogens is 384 g/mol. The van der Waals surface area contributed by atoms with Crippen LogP contribution in [0.2, 0.25) is 12.1 Å². The minimum absolute atomic E-state index is 0.138. The van der Waals surface area contributed by atoms with E-state index in [4.69, 9.17) is 0 Å². The molecule has 0 atom stereocenters. The maximum absolute atomic E-state index is 2.38. The third-order valence-electron chi connectivity index (χ3n) is 3.96. The number of hydrogen-bond acceptors (Lipinski definition) is 0. The van der Waals surface area contributed by atoms with E-state index in [0.717, 1.165) is 5.54 Å². The molecule has 4 rings (SSSR count). The van der Waals surface area contributed by atoms with Gasteiger partial charge in [0.25, 0.3) is 0 Å². The number of hydrogen-bond donors (Lipinski definition) is 0. The van der Waals surface area contributed by atoms with Gasteiger partial charge in [0.2, 0.25) is 0 Å². The van der Waals surface area contributed by atoms with Gasteiger partial charge in [-0.1, -0.05) is 12.1 Å². The van der Waals surface area contributed by atoms with E-state index in [1.165, 1.54) is 21.5 Å². The summed E-state index contributed by atoms with van der Waals surface area (Å²) >= 11 is 1.77. The van der Waals surface area contributed by atoms with Crippen molar-refractivity contribution in [1.82, 2.24) is 0 Å². The van der Waals surface area contributed by atoms with E-state index >= 15 is 0 Å². The Kier molecular flexibility index (Phi) is 7.88. The maximum atomic E-state index is 2.38. The van der Waals surface area contributed by atoms with Crippen LogP contribution < -0.4 is 0 Å². The Bertz CT molecular complexity index is 756. The second-order valence-corrected chi connectivity index (χ2v) is 14.5. The predicted octanol–water partition coefficient (Wildman–Crippen LogP) is 6.68. The maximum Gasteiger partial charge on any atom is -0.0809 e. The van der Waals surface area contributed by atoms with Gasteiger partial charge in [-0.15, -0.1) is 59.3 Å². The van der Waals surface area contributed by atoms with E-state index in [1.54, 1.807) is 23.3 Å².